The number of amides is 1. The lowest BCUT2D eigenvalue weighted by Gasteiger charge is -2.30. The Morgan fingerprint density at radius 3 is 2.50 bits per heavy atom. The number of rotatable bonds is 7. The highest BCUT2D eigenvalue weighted by Gasteiger charge is 2.26. The number of carbonyl (C=O) groups excluding carboxylic acids is 1. The molecule has 0 atom stereocenters. The van der Waals surface area contributed by atoms with Crippen molar-refractivity contribution in [2.24, 2.45) is 0 Å². The molecular weight excluding hydrogens is 260 g/mol. The van der Waals surface area contributed by atoms with Crippen molar-refractivity contribution >= 4 is 11.9 Å². The zero-order valence-corrected chi connectivity index (χ0v) is 11.7. The predicted molar refractivity (Wildman–Crippen MR) is 73.7 cm³/mol. The zero-order chi connectivity index (χ0) is 15.1. The minimum absolute atomic E-state index is 0.0432. The van der Waals surface area contributed by atoms with Crippen molar-refractivity contribution in [3.8, 4) is 0 Å². The van der Waals surface area contributed by atoms with Gasteiger partial charge in [0.15, 0.2) is 0 Å². The molecule has 6 heteroatoms. The molecule has 0 aliphatic carbocycles. The minimum Gasteiger partial charge on any atom is -0.478 e. The molecule has 20 heavy (non-hydrogen) atoms. The van der Waals surface area contributed by atoms with Crippen LogP contribution in [-0.4, -0.2) is 51.2 Å². The predicted octanol–water partition coefficient (Wildman–Crippen LogP) is 1.40. The van der Waals surface area contributed by atoms with E-state index in [0.29, 0.717) is 0 Å². The first-order valence-corrected chi connectivity index (χ1v) is 6.66. The first-order valence-electron chi connectivity index (χ1n) is 6.66. The van der Waals surface area contributed by atoms with Gasteiger partial charge in [-0.2, -0.15) is 0 Å². The van der Waals surface area contributed by atoms with Gasteiger partial charge in [-0.1, -0.05) is 13.8 Å². The van der Waals surface area contributed by atoms with E-state index in [2.05, 4.69) is 4.98 Å². The van der Waals surface area contributed by atoms with E-state index in [1.807, 2.05) is 13.8 Å². The van der Waals surface area contributed by atoms with Crippen LogP contribution in [0.3, 0.4) is 0 Å². The molecule has 0 bridgehead atoms. The van der Waals surface area contributed by atoms with Crippen LogP contribution in [0.15, 0.2) is 18.3 Å². The van der Waals surface area contributed by atoms with Gasteiger partial charge in [0.25, 0.3) is 5.91 Å². The van der Waals surface area contributed by atoms with Gasteiger partial charge < -0.3 is 15.1 Å². The molecule has 0 aliphatic rings. The largest absolute Gasteiger partial charge is 0.478 e. The number of hydrogen-bond acceptors (Lipinski definition) is 4. The Labute approximate surface area is 118 Å². The molecular formula is C14H20N2O4. The molecule has 1 aromatic rings. The van der Waals surface area contributed by atoms with Gasteiger partial charge in [0.05, 0.1) is 12.2 Å². The molecule has 0 spiro atoms. The summed E-state index contributed by atoms with van der Waals surface area (Å²) in [5.74, 6) is -1.64. The summed E-state index contributed by atoms with van der Waals surface area (Å²) in [6.45, 7) is 3.89. The lowest BCUT2D eigenvalue weighted by atomic mass is 10.1. The van der Waals surface area contributed by atoms with Gasteiger partial charge in [-0.25, -0.2) is 4.79 Å². The van der Waals surface area contributed by atoms with E-state index in [1.54, 1.807) is 0 Å². The van der Waals surface area contributed by atoms with Crippen LogP contribution < -0.4 is 0 Å². The minimum atomic E-state index is -1.19. The summed E-state index contributed by atoms with van der Waals surface area (Å²) < 4.78 is 0. The topological polar surface area (TPSA) is 90.7 Å². The second-order valence-electron chi connectivity index (χ2n) is 4.40. The lowest BCUT2D eigenvalue weighted by Crippen LogP contribution is -2.42. The average Bonchev–Trinajstić information content (AvgIpc) is 2.46. The Morgan fingerprint density at radius 1 is 1.35 bits per heavy atom. The number of aromatic carboxylic acids is 1. The molecule has 1 aromatic heterocycles. The van der Waals surface area contributed by atoms with Crippen LogP contribution in [0, 0.1) is 0 Å². The number of hydrogen-bond donors (Lipinski definition) is 2. The SMILES string of the molecule is CCC(CC)N(CCO)C(=O)c1ncccc1C(=O)O. The van der Waals surface area contributed by atoms with E-state index in [1.165, 1.54) is 23.2 Å². The smallest absolute Gasteiger partial charge is 0.338 e. The van der Waals surface area contributed by atoms with Crippen LogP contribution in [-0.2, 0) is 0 Å². The zero-order valence-electron chi connectivity index (χ0n) is 11.7. The van der Waals surface area contributed by atoms with E-state index in [4.69, 9.17) is 10.2 Å². The average molecular weight is 280 g/mol. The summed E-state index contributed by atoms with van der Waals surface area (Å²) in [4.78, 5) is 29.1. The van der Waals surface area contributed by atoms with Gasteiger partial charge in [0.1, 0.15) is 5.69 Å². The number of carbonyl (C=O) groups is 2. The van der Waals surface area contributed by atoms with E-state index >= 15 is 0 Å². The number of carboxylic acids is 1. The van der Waals surface area contributed by atoms with Crippen molar-refractivity contribution in [1.82, 2.24) is 9.88 Å². The van der Waals surface area contributed by atoms with Crippen molar-refractivity contribution in [1.29, 1.82) is 0 Å². The highest BCUT2D eigenvalue weighted by atomic mass is 16.4. The van der Waals surface area contributed by atoms with Gasteiger partial charge in [0, 0.05) is 18.8 Å². The highest BCUT2D eigenvalue weighted by Crippen LogP contribution is 2.15. The summed E-state index contributed by atoms with van der Waals surface area (Å²) in [7, 11) is 0. The van der Waals surface area contributed by atoms with Crippen LogP contribution in [0.4, 0.5) is 0 Å². The van der Waals surface area contributed by atoms with E-state index in [0.717, 1.165) is 12.8 Å². The molecule has 2 N–H and O–H groups in total. The van der Waals surface area contributed by atoms with Gasteiger partial charge in [0.2, 0.25) is 0 Å². The Bertz CT molecular complexity index is 472. The van der Waals surface area contributed by atoms with Gasteiger partial charge >= 0.3 is 5.97 Å². The molecule has 0 saturated heterocycles. The molecule has 0 saturated carbocycles. The molecule has 6 nitrogen and oxygen atoms in total. The van der Waals surface area contributed by atoms with Crippen LogP contribution in [0.2, 0.25) is 0 Å². The molecule has 1 rings (SSSR count). The summed E-state index contributed by atoms with van der Waals surface area (Å²) in [6, 6.07) is 2.79. The van der Waals surface area contributed by atoms with Crippen LogP contribution in [0.25, 0.3) is 0 Å². The Kier molecular flexibility index (Phi) is 6.11. The maximum Gasteiger partial charge on any atom is 0.338 e. The number of aliphatic hydroxyl groups is 1. The second kappa shape index (κ2) is 7.59. The number of nitrogens with zero attached hydrogens (tertiary/aromatic N) is 2. The summed E-state index contributed by atoms with van der Waals surface area (Å²) in [5.41, 5.74) is -0.202. The van der Waals surface area contributed by atoms with Crippen molar-refractivity contribution in [2.75, 3.05) is 13.2 Å². The third-order valence-electron chi connectivity index (χ3n) is 3.23. The fourth-order valence-electron chi connectivity index (χ4n) is 2.17. The highest BCUT2D eigenvalue weighted by molar-refractivity contribution is 6.03. The number of carboxylic acid groups (broad SMARTS) is 1. The van der Waals surface area contributed by atoms with Crippen LogP contribution >= 0.6 is 0 Å². The fraction of sp³-hybridized carbons (Fsp3) is 0.500. The van der Waals surface area contributed by atoms with E-state index < -0.39 is 11.9 Å². The third-order valence-corrected chi connectivity index (χ3v) is 3.23. The van der Waals surface area contributed by atoms with Gasteiger partial charge in [-0.3, -0.25) is 9.78 Å². The molecule has 110 valence electrons. The second-order valence-corrected chi connectivity index (χ2v) is 4.40. The van der Waals surface area contributed by atoms with Gasteiger partial charge in [-0.15, -0.1) is 0 Å². The number of aliphatic hydroxyl groups excluding tert-OH is 1. The van der Waals surface area contributed by atoms with Gasteiger partial charge in [-0.05, 0) is 25.0 Å². The van der Waals surface area contributed by atoms with Crippen LogP contribution in [0.5, 0.6) is 0 Å². The standard InChI is InChI=1S/C14H20N2O4/c1-3-10(4-2)16(8-9-17)13(18)12-11(14(19)20)6-5-7-15-12/h5-7,10,17H,3-4,8-9H2,1-2H3,(H,19,20). The summed E-state index contributed by atoms with van der Waals surface area (Å²) in [6.07, 6.45) is 2.86. The third kappa shape index (κ3) is 3.54. The van der Waals surface area contributed by atoms with Crippen molar-refractivity contribution < 1.29 is 19.8 Å². The quantitative estimate of drug-likeness (QED) is 0.788. The maximum absolute atomic E-state index is 12.5. The molecule has 0 aliphatic heterocycles. The molecule has 0 radical (unpaired) electrons. The first kappa shape index (κ1) is 16.1. The first-order chi connectivity index (χ1) is 9.56. The Balaban J connectivity index is 3.15. The fourth-order valence-corrected chi connectivity index (χ4v) is 2.17. The maximum atomic E-state index is 12.5. The lowest BCUT2D eigenvalue weighted by molar-refractivity contribution is 0.0597. The molecule has 0 aromatic carbocycles. The van der Waals surface area contributed by atoms with Crippen molar-refractivity contribution in [3.63, 3.8) is 0 Å². The molecule has 1 amide bonds. The Hall–Kier alpha value is -1.95. The van der Waals surface area contributed by atoms with E-state index in [-0.39, 0.29) is 30.5 Å². The monoisotopic (exact) mass is 280 g/mol. The summed E-state index contributed by atoms with van der Waals surface area (Å²) >= 11 is 0. The number of aromatic nitrogens is 1. The number of pyridine rings is 1. The normalized spacial score (nSPS) is 10.6. The summed E-state index contributed by atoms with van der Waals surface area (Å²) in [5, 5.41) is 18.2. The van der Waals surface area contributed by atoms with Crippen LogP contribution in [0.1, 0.15) is 47.5 Å². The van der Waals surface area contributed by atoms with Crippen molar-refractivity contribution in [2.45, 2.75) is 32.7 Å². The molecule has 0 unspecified atom stereocenters. The molecule has 1 heterocycles. The molecule has 0 fully saturated rings. The van der Waals surface area contributed by atoms with Crippen molar-refractivity contribution in [3.05, 3.63) is 29.6 Å². The Morgan fingerprint density at radius 2 is 2.00 bits per heavy atom. The van der Waals surface area contributed by atoms with E-state index in [9.17, 15) is 9.59 Å².